The van der Waals surface area contributed by atoms with Gasteiger partial charge in [0.1, 0.15) is 12.6 Å². The Kier molecular flexibility index (Phi) is 6.26. The topological polar surface area (TPSA) is 90.5 Å². The van der Waals surface area contributed by atoms with Gasteiger partial charge in [0, 0.05) is 6.54 Å². The number of carbonyl (C=O) groups excluding carboxylic acids is 3. The van der Waals surface area contributed by atoms with E-state index in [1.54, 1.807) is 31.2 Å². The van der Waals surface area contributed by atoms with Gasteiger partial charge in [-0.25, -0.2) is 4.79 Å². The molecule has 1 aliphatic heterocycles. The van der Waals surface area contributed by atoms with Crippen molar-refractivity contribution in [3.05, 3.63) is 60.2 Å². The van der Waals surface area contributed by atoms with Crippen molar-refractivity contribution in [1.29, 1.82) is 0 Å². The molecule has 1 atom stereocenters. The molecular formula is C21H24N4O3. The number of nitrogens with zero attached hydrogens (tertiary/aromatic N) is 1. The van der Waals surface area contributed by atoms with Crippen LogP contribution in [0.3, 0.4) is 0 Å². The third-order valence-electron chi connectivity index (χ3n) is 4.53. The molecular weight excluding hydrogens is 356 g/mol. The predicted molar refractivity (Wildman–Crippen MR) is 108 cm³/mol. The van der Waals surface area contributed by atoms with Crippen molar-refractivity contribution in [1.82, 2.24) is 10.6 Å². The molecule has 0 saturated heterocycles. The number of anilines is 2. The molecule has 0 fully saturated rings. The van der Waals surface area contributed by atoms with Crippen LogP contribution in [-0.2, 0) is 16.0 Å². The van der Waals surface area contributed by atoms with Gasteiger partial charge in [-0.3, -0.25) is 14.5 Å². The Balaban J connectivity index is 1.48. The van der Waals surface area contributed by atoms with Gasteiger partial charge >= 0.3 is 6.03 Å². The van der Waals surface area contributed by atoms with Gasteiger partial charge < -0.3 is 16.0 Å². The monoisotopic (exact) mass is 380 g/mol. The average molecular weight is 380 g/mol. The Bertz CT molecular complexity index is 854. The SMILES string of the molecule is CC(NC(=O)N1CC(=O)Nc2ccccc21)C(=O)NCCCc1ccccc1. The summed E-state index contributed by atoms with van der Waals surface area (Å²) in [6.07, 6.45) is 1.69. The smallest absolute Gasteiger partial charge is 0.323 e. The number of para-hydroxylation sites is 2. The summed E-state index contributed by atoms with van der Waals surface area (Å²) >= 11 is 0. The molecule has 0 radical (unpaired) electrons. The van der Waals surface area contributed by atoms with Crippen LogP contribution in [0.1, 0.15) is 18.9 Å². The van der Waals surface area contributed by atoms with E-state index in [1.807, 2.05) is 18.2 Å². The molecule has 3 rings (SSSR count). The Morgan fingerprint density at radius 1 is 1.11 bits per heavy atom. The molecule has 1 heterocycles. The summed E-state index contributed by atoms with van der Waals surface area (Å²) in [7, 11) is 0. The molecule has 0 aromatic heterocycles. The van der Waals surface area contributed by atoms with Crippen molar-refractivity contribution in [3.63, 3.8) is 0 Å². The van der Waals surface area contributed by atoms with Crippen molar-refractivity contribution >= 4 is 29.2 Å². The summed E-state index contributed by atoms with van der Waals surface area (Å²) in [5.41, 5.74) is 2.40. The van der Waals surface area contributed by atoms with Crippen molar-refractivity contribution in [2.45, 2.75) is 25.8 Å². The minimum absolute atomic E-state index is 0.0890. The standard InChI is InChI=1S/C21H24N4O3/c1-15(20(27)22-13-7-10-16-8-3-2-4-9-16)23-21(28)25-14-19(26)24-17-11-5-6-12-18(17)25/h2-6,8-9,11-12,15H,7,10,13-14H2,1H3,(H,22,27)(H,23,28)(H,24,26). The van der Waals surface area contributed by atoms with Gasteiger partial charge in [0.15, 0.2) is 0 Å². The zero-order valence-corrected chi connectivity index (χ0v) is 15.8. The van der Waals surface area contributed by atoms with Crippen molar-refractivity contribution < 1.29 is 14.4 Å². The van der Waals surface area contributed by atoms with Crippen molar-refractivity contribution in [3.8, 4) is 0 Å². The van der Waals surface area contributed by atoms with E-state index in [1.165, 1.54) is 10.5 Å². The molecule has 0 aliphatic carbocycles. The van der Waals surface area contributed by atoms with Crippen LogP contribution in [0, 0.1) is 0 Å². The van der Waals surface area contributed by atoms with E-state index in [-0.39, 0.29) is 18.4 Å². The molecule has 7 nitrogen and oxygen atoms in total. The van der Waals surface area contributed by atoms with E-state index in [0.29, 0.717) is 17.9 Å². The maximum Gasteiger partial charge on any atom is 0.323 e. The van der Waals surface area contributed by atoms with Gasteiger partial charge in [0.25, 0.3) is 0 Å². The largest absolute Gasteiger partial charge is 0.354 e. The lowest BCUT2D eigenvalue weighted by atomic mass is 10.1. The van der Waals surface area contributed by atoms with Crippen LogP contribution in [0.4, 0.5) is 16.2 Å². The fraction of sp³-hybridized carbons (Fsp3) is 0.286. The van der Waals surface area contributed by atoms with E-state index in [9.17, 15) is 14.4 Å². The molecule has 1 aliphatic rings. The van der Waals surface area contributed by atoms with Crippen LogP contribution in [0.2, 0.25) is 0 Å². The molecule has 146 valence electrons. The summed E-state index contributed by atoms with van der Waals surface area (Å²) in [6.45, 7) is 2.07. The normalized spacial score (nSPS) is 13.9. The molecule has 4 amide bonds. The van der Waals surface area contributed by atoms with E-state index < -0.39 is 12.1 Å². The van der Waals surface area contributed by atoms with Gasteiger partial charge in [-0.1, -0.05) is 42.5 Å². The second-order valence-electron chi connectivity index (χ2n) is 6.70. The van der Waals surface area contributed by atoms with Gasteiger partial charge in [0.05, 0.1) is 11.4 Å². The van der Waals surface area contributed by atoms with E-state index in [2.05, 4.69) is 28.1 Å². The van der Waals surface area contributed by atoms with Gasteiger partial charge in [0.2, 0.25) is 11.8 Å². The maximum atomic E-state index is 12.6. The summed E-state index contributed by atoms with van der Waals surface area (Å²) in [5, 5.41) is 8.23. The van der Waals surface area contributed by atoms with E-state index >= 15 is 0 Å². The number of urea groups is 1. The molecule has 2 aromatic rings. The van der Waals surface area contributed by atoms with Crippen molar-refractivity contribution in [2.24, 2.45) is 0 Å². The fourth-order valence-corrected chi connectivity index (χ4v) is 3.04. The van der Waals surface area contributed by atoms with E-state index in [0.717, 1.165) is 12.8 Å². The molecule has 0 spiro atoms. The number of amides is 4. The lowest BCUT2D eigenvalue weighted by Crippen LogP contribution is -2.53. The number of benzene rings is 2. The van der Waals surface area contributed by atoms with Crippen molar-refractivity contribution in [2.75, 3.05) is 23.3 Å². The first kappa shape index (κ1) is 19.4. The van der Waals surface area contributed by atoms with Crippen LogP contribution in [0.15, 0.2) is 54.6 Å². The van der Waals surface area contributed by atoms with Crippen LogP contribution < -0.4 is 20.9 Å². The molecule has 1 unspecified atom stereocenters. The Hall–Kier alpha value is -3.35. The fourth-order valence-electron chi connectivity index (χ4n) is 3.04. The number of hydrogen-bond donors (Lipinski definition) is 3. The average Bonchev–Trinajstić information content (AvgIpc) is 2.71. The Morgan fingerprint density at radius 2 is 1.82 bits per heavy atom. The summed E-state index contributed by atoms with van der Waals surface area (Å²) in [4.78, 5) is 38.0. The quantitative estimate of drug-likeness (QED) is 0.672. The number of rotatable bonds is 6. The Labute approximate surface area is 164 Å². The number of aryl methyl sites for hydroxylation is 1. The molecule has 0 saturated carbocycles. The molecule has 3 N–H and O–H groups in total. The van der Waals surface area contributed by atoms with Gasteiger partial charge in [-0.05, 0) is 37.5 Å². The first-order valence-electron chi connectivity index (χ1n) is 9.33. The summed E-state index contributed by atoms with van der Waals surface area (Å²) in [6, 6.07) is 15.9. The van der Waals surface area contributed by atoms with Crippen LogP contribution >= 0.6 is 0 Å². The van der Waals surface area contributed by atoms with E-state index in [4.69, 9.17) is 0 Å². The van der Waals surface area contributed by atoms with Crippen LogP contribution in [-0.4, -0.2) is 37.0 Å². The second-order valence-corrected chi connectivity index (χ2v) is 6.70. The van der Waals surface area contributed by atoms with Gasteiger partial charge in [-0.15, -0.1) is 0 Å². The molecule has 28 heavy (non-hydrogen) atoms. The predicted octanol–water partition coefficient (Wildman–Crippen LogP) is 2.29. The highest BCUT2D eigenvalue weighted by Gasteiger charge is 2.28. The lowest BCUT2D eigenvalue weighted by Gasteiger charge is -2.30. The maximum absolute atomic E-state index is 12.6. The molecule has 2 aromatic carbocycles. The Morgan fingerprint density at radius 3 is 2.61 bits per heavy atom. The van der Waals surface area contributed by atoms with Crippen LogP contribution in [0.25, 0.3) is 0 Å². The lowest BCUT2D eigenvalue weighted by molar-refractivity contribution is -0.122. The second kappa shape index (κ2) is 9.03. The zero-order chi connectivity index (χ0) is 19.9. The minimum Gasteiger partial charge on any atom is -0.354 e. The highest BCUT2D eigenvalue weighted by Crippen LogP contribution is 2.28. The third-order valence-corrected chi connectivity index (χ3v) is 4.53. The first-order chi connectivity index (χ1) is 13.5. The molecule has 7 heteroatoms. The highest BCUT2D eigenvalue weighted by atomic mass is 16.2. The first-order valence-corrected chi connectivity index (χ1v) is 9.33. The highest BCUT2D eigenvalue weighted by molar-refractivity contribution is 6.09. The number of nitrogens with one attached hydrogen (secondary N) is 3. The minimum atomic E-state index is -0.707. The zero-order valence-electron chi connectivity index (χ0n) is 15.8. The van der Waals surface area contributed by atoms with Gasteiger partial charge in [-0.2, -0.15) is 0 Å². The summed E-state index contributed by atoms with van der Waals surface area (Å²) in [5.74, 6) is -0.525. The number of fused-ring (bicyclic) bond motifs is 1. The van der Waals surface area contributed by atoms with Crippen LogP contribution in [0.5, 0.6) is 0 Å². The third kappa shape index (κ3) is 4.88. The number of carbonyl (C=O) groups is 3. The molecule has 0 bridgehead atoms. The summed E-state index contributed by atoms with van der Waals surface area (Å²) < 4.78 is 0. The number of hydrogen-bond acceptors (Lipinski definition) is 3.